The fourth-order valence-electron chi connectivity index (χ4n) is 2.74. The number of hydrogen-bond acceptors (Lipinski definition) is 4. The minimum absolute atomic E-state index is 0.0934. The van der Waals surface area contributed by atoms with E-state index in [9.17, 15) is 4.79 Å². The van der Waals surface area contributed by atoms with Crippen LogP contribution in [0.1, 0.15) is 48.6 Å². The van der Waals surface area contributed by atoms with Crippen LogP contribution in [0.3, 0.4) is 0 Å². The molecule has 6 nitrogen and oxygen atoms in total. The quantitative estimate of drug-likeness (QED) is 0.840. The molecule has 1 aromatic heterocycles. The monoisotopic (exact) mass is 263 g/mol. The third-order valence-corrected chi connectivity index (χ3v) is 4.15. The lowest BCUT2D eigenvalue weighted by Gasteiger charge is -2.26. The molecule has 2 aliphatic rings. The first kappa shape index (κ1) is 12.6. The van der Waals surface area contributed by atoms with Gasteiger partial charge in [-0.3, -0.25) is 4.79 Å². The van der Waals surface area contributed by atoms with Gasteiger partial charge in [0.25, 0.3) is 5.91 Å². The highest BCUT2D eigenvalue weighted by molar-refractivity contribution is 5.91. The van der Waals surface area contributed by atoms with Crippen LogP contribution in [0.25, 0.3) is 0 Å². The first-order valence-corrected chi connectivity index (χ1v) is 7.23. The summed E-state index contributed by atoms with van der Waals surface area (Å²) in [6.07, 6.45) is 8.16. The molecule has 3 rings (SSSR count). The molecule has 0 aromatic carbocycles. The Kier molecular flexibility index (Phi) is 3.77. The van der Waals surface area contributed by atoms with Gasteiger partial charge in [-0.05, 0) is 18.8 Å². The fourth-order valence-corrected chi connectivity index (χ4v) is 2.74. The van der Waals surface area contributed by atoms with Crippen LogP contribution in [0, 0.1) is 5.92 Å². The first-order chi connectivity index (χ1) is 9.33. The maximum absolute atomic E-state index is 12.0. The Balaban J connectivity index is 1.50. The van der Waals surface area contributed by atoms with Gasteiger partial charge in [-0.1, -0.05) is 24.5 Å². The van der Waals surface area contributed by atoms with Crippen molar-refractivity contribution >= 4 is 5.91 Å². The second kappa shape index (κ2) is 5.69. The summed E-state index contributed by atoms with van der Waals surface area (Å²) in [6, 6.07) is 0.354. The average molecular weight is 263 g/mol. The van der Waals surface area contributed by atoms with Crippen LogP contribution in [0.5, 0.6) is 0 Å². The molecular weight excluding hydrogens is 242 g/mol. The Bertz CT molecular complexity index is 434. The van der Waals surface area contributed by atoms with E-state index >= 15 is 0 Å². The zero-order chi connectivity index (χ0) is 13.1. The first-order valence-electron chi connectivity index (χ1n) is 7.23. The Morgan fingerprint density at radius 2 is 2.16 bits per heavy atom. The van der Waals surface area contributed by atoms with Crippen LogP contribution >= 0.6 is 0 Å². The molecule has 1 saturated heterocycles. The van der Waals surface area contributed by atoms with Crippen LogP contribution in [0.4, 0.5) is 0 Å². The van der Waals surface area contributed by atoms with Gasteiger partial charge in [0.15, 0.2) is 5.69 Å². The molecule has 2 heterocycles. The van der Waals surface area contributed by atoms with E-state index in [0.717, 1.165) is 19.6 Å². The highest BCUT2D eigenvalue weighted by Crippen LogP contribution is 2.22. The third kappa shape index (κ3) is 2.94. The van der Waals surface area contributed by atoms with Crippen molar-refractivity contribution in [2.45, 2.75) is 38.1 Å². The van der Waals surface area contributed by atoms with Crippen molar-refractivity contribution in [3.63, 3.8) is 0 Å². The lowest BCUT2D eigenvalue weighted by atomic mass is 9.89. The number of carbonyl (C=O) groups is 1. The van der Waals surface area contributed by atoms with Crippen molar-refractivity contribution in [3.8, 4) is 0 Å². The van der Waals surface area contributed by atoms with Gasteiger partial charge in [0, 0.05) is 19.6 Å². The van der Waals surface area contributed by atoms with Gasteiger partial charge < -0.3 is 10.6 Å². The minimum Gasteiger partial charge on any atom is -0.350 e. The molecule has 2 N–H and O–H groups in total. The number of carbonyl (C=O) groups excluding carboxylic acids is 1. The molecule has 2 fully saturated rings. The molecule has 1 aliphatic heterocycles. The van der Waals surface area contributed by atoms with Crippen molar-refractivity contribution in [1.29, 1.82) is 0 Å². The topological polar surface area (TPSA) is 71.8 Å². The molecule has 0 atom stereocenters. The minimum atomic E-state index is -0.0934. The summed E-state index contributed by atoms with van der Waals surface area (Å²) in [4.78, 5) is 12.0. The van der Waals surface area contributed by atoms with Gasteiger partial charge in [-0.2, -0.15) is 0 Å². The largest absolute Gasteiger partial charge is 0.350 e. The van der Waals surface area contributed by atoms with E-state index in [1.165, 1.54) is 32.1 Å². The molecule has 1 aromatic rings. The lowest BCUT2D eigenvalue weighted by molar-refractivity contribution is 0.0938. The van der Waals surface area contributed by atoms with E-state index in [1.54, 1.807) is 10.9 Å². The Labute approximate surface area is 112 Å². The highest BCUT2D eigenvalue weighted by Gasteiger charge is 2.22. The summed E-state index contributed by atoms with van der Waals surface area (Å²) in [5.74, 6) is 0.549. The molecule has 104 valence electrons. The Morgan fingerprint density at radius 1 is 1.37 bits per heavy atom. The van der Waals surface area contributed by atoms with Gasteiger partial charge in [0.1, 0.15) is 0 Å². The van der Waals surface area contributed by atoms with E-state index in [0.29, 0.717) is 17.7 Å². The van der Waals surface area contributed by atoms with E-state index in [4.69, 9.17) is 0 Å². The number of amides is 1. The maximum atomic E-state index is 12.0. The third-order valence-electron chi connectivity index (χ3n) is 4.15. The zero-order valence-electron chi connectivity index (χ0n) is 11.1. The van der Waals surface area contributed by atoms with Gasteiger partial charge in [-0.25, -0.2) is 4.68 Å². The van der Waals surface area contributed by atoms with Crippen molar-refractivity contribution in [2.24, 2.45) is 5.92 Å². The SMILES string of the molecule is O=C(NCC1CCCCC1)c1cn(C2CNC2)nn1. The van der Waals surface area contributed by atoms with Crippen LogP contribution in [0.15, 0.2) is 6.20 Å². The molecule has 1 aliphatic carbocycles. The predicted octanol–water partition coefficient (Wildman–Crippen LogP) is 0.732. The molecule has 0 unspecified atom stereocenters. The van der Waals surface area contributed by atoms with Crippen molar-refractivity contribution in [3.05, 3.63) is 11.9 Å². The molecule has 0 spiro atoms. The highest BCUT2D eigenvalue weighted by atomic mass is 16.2. The van der Waals surface area contributed by atoms with E-state index in [2.05, 4.69) is 20.9 Å². The van der Waals surface area contributed by atoms with Crippen molar-refractivity contribution < 1.29 is 4.79 Å². The summed E-state index contributed by atoms with van der Waals surface area (Å²) < 4.78 is 1.78. The average Bonchev–Trinajstić information content (AvgIpc) is 2.84. The normalized spacial score (nSPS) is 21.1. The molecular formula is C13H21N5O. The molecule has 6 heteroatoms. The Morgan fingerprint density at radius 3 is 2.84 bits per heavy atom. The molecule has 0 radical (unpaired) electrons. The summed E-state index contributed by atoms with van der Waals surface area (Å²) in [6.45, 7) is 2.59. The fraction of sp³-hybridized carbons (Fsp3) is 0.769. The molecule has 1 amide bonds. The lowest BCUT2D eigenvalue weighted by Crippen LogP contribution is -2.43. The molecule has 0 bridgehead atoms. The Hall–Kier alpha value is -1.43. The van der Waals surface area contributed by atoms with Crippen LogP contribution < -0.4 is 10.6 Å². The predicted molar refractivity (Wildman–Crippen MR) is 70.8 cm³/mol. The van der Waals surface area contributed by atoms with E-state index in [-0.39, 0.29) is 5.91 Å². The summed E-state index contributed by atoms with van der Waals surface area (Å²) in [5, 5.41) is 14.1. The van der Waals surface area contributed by atoms with Gasteiger partial charge >= 0.3 is 0 Å². The zero-order valence-corrected chi connectivity index (χ0v) is 11.1. The number of nitrogens with zero attached hydrogens (tertiary/aromatic N) is 3. The van der Waals surface area contributed by atoms with E-state index < -0.39 is 0 Å². The van der Waals surface area contributed by atoms with Gasteiger partial charge in [0.05, 0.1) is 12.2 Å². The standard InChI is InChI=1S/C13H21N5O/c19-13(15-6-10-4-2-1-3-5-10)12-9-18(17-16-12)11-7-14-8-11/h9-11,14H,1-8H2,(H,15,19). The smallest absolute Gasteiger partial charge is 0.273 e. The van der Waals surface area contributed by atoms with Crippen LogP contribution in [0.2, 0.25) is 0 Å². The number of aromatic nitrogens is 3. The maximum Gasteiger partial charge on any atom is 0.273 e. The van der Waals surface area contributed by atoms with Crippen molar-refractivity contribution in [2.75, 3.05) is 19.6 Å². The number of nitrogens with one attached hydrogen (secondary N) is 2. The summed E-state index contributed by atoms with van der Waals surface area (Å²) >= 11 is 0. The summed E-state index contributed by atoms with van der Waals surface area (Å²) in [7, 11) is 0. The number of hydrogen-bond donors (Lipinski definition) is 2. The summed E-state index contributed by atoms with van der Waals surface area (Å²) in [5.41, 5.74) is 0.433. The van der Waals surface area contributed by atoms with Crippen LogP contribution in [-0.2, 0) is 0 Å². The van der Waals surface area contributed by atoms with Gasteiger partial charge in [-0.15, -0.1) is 5.10 Å². The van der Waals surface area contributed by atoms with Crippen molar-refractivity contribution in [1.82, 2.24) is 25.6 Å². The molecule has 19 heavy (non-hydrogen) atoms. The van der Waals surface area contributed by atoms with Gasteiger partial charge in [0.2, 0.25) is 0 Å². The van der Waals surface area contributed by atoms with Crippen LogP contribution in [-0.4, -0.2) is 40.5 Å². The second-order valence-corrected chi connectivity index (χ2v) is 5.61. The molecule has 1 saturated carbocycles. The second-order valence-electron chi connectivity index (χ2n) is 5.61. The number of rotatable bonds is 4. The van der Waals surface area contributed by atoms with E-state index in [1.807, 2.05) is 0 Å².